The van der Waals surface area contributed by atoms with E-state index in [4.69, 9.17) is 0 Å². The van der Waals surface area contributed by atoms with Gasteiger partial charge in [0, 0.05) is 23.2 Å². The highest BCUT2D eigenvalue weighted by Gasteiger charge is 2.15. The van der Waals surface area contributed by atoms with Crippen molar-refractivity contribution in [2.75, 3.05) is 0 Å². The highest BCUT2D eigenvalue weighted by Crippen LogP contribution is 2.19. The van der Waals surface area contributed by atoms with Crippen molar-refractivity contribution in [3.8, 4) is 0 Å². The van der Waals surface area contributed by atoms with E-state index in [1.165, 1.54) is 4.88 Å². The van der Waals surface area contributed by atoms with Gasteiger partial charge in [-0.2, -0.15) is 5.10 Å². The van der Waals surface area contributed by atoms with Gasteiger partial charge in [-0.3, -0.25) is 9.48 Å². The summed E-state index contributed by atoms with van der Waals surface area (Å²) in [6.45, 7) is 5.94. The standard InChI is InChI=1S/C14H19N3OS/c1-9-12(11(3)17(4)16-9)8-14(18)15-10(2)13-6-5-7-19-13/h5-7,10H,8H2,1-4H3,(H,15,18)/t10-/m0/s1. The summed E-state index contributed by atoms with van der Waals surface area (Å²) in [5, 5.41) is 9.38. The molecule has 0 aliphatic carbocycles. The van der Waals surface area contributed by atoms with Gasteiger partial charge >= 0.3 is 0 Å². The molecule has 2 aromatic heterocycles. The van der Waals surface area contributed by atoms with Crippen molar-refractivity contribution in [3.05, 3.63) is 39.3 Å². The van der Waals surface area contributed by atoms with Gasteiger partial charge in [0.2, 0.25) is 5.91 Å². The highest BCUT2D eigenvalue weighted by atomic mass is 32.1. The van der Waals surface area contributed by atoms with E-state index in [0.717, 1.165) is 17.0 Å². The smallest absolute Gasteiger partial charge is 0.225 e. The minimum Gasteiger partial charge on any atom is -0.348 e. The molecule has 0 spiro atoms. The van der Waals surface area contributed by atoms with Crippen LogP contribution in [0, 0.1) is 13.8 Å². The Balaban J connectivity index is 2.02. The number of thiophene rings is 1. The van der Waals surface area contributed by atoms with E-state index in [0.29, 0.717) is 6.42 Å². The molecule has 1 atom stereocenters. The number of aromatic nitrogens is 2. The van der Waals surface area contributed by atoms with Crippen LogP contribution in [-0.4, -0.2) is 15.7 Å². The second-order valence-electron chi connectivity index (χ2n) is 4.75. The molecule has 2 rings (SSSR count). The summed E-state index contributed by atoms with van der Waals surface area (Å²) < 4.78 is 1.82. The second-order valence-corrected chi connectivity index (χ2v) is 5.73. The Morgan fingerprint density at radius 3 is 2.79 bits per heavy atom. The average molecular weight is 277 g/mol. The van der Waals surface area contributed by atoms with Gasteiger partial charge in [-0.25, -0.2) is 0 Å². The number of carbonyl (C=O) groups excluding carboxylic acids is 1. The minimum atomic E-state index is 0.0418. The minimum absolute atomic E-state index is 0.0418. The maximum atomic E-state index is 12.1. The lowest BCUT2D eigenvalue weighted by molar-refractivity contribution is -0.121. The van der Waals surface area contributed by atoms with Crippen LogP contribution in [0.5, 0.6) is 0 Å². The molecule has 1 amide bonds. The Labute approximate surface area is 117 Å². The summed E-state index contributed by atoms with van der Waals surface area (Å²) >= 11 is 1.66. The number of nitrogens with zero attached hydrogens (tertiary/aromatic N) is 2. The molecule has 1 N–H and O–H groups in total. The van der Waals surface area contributed by atoms with Gasteiger partial charge in [-0.15, -0.1) is 11.3 Å². The predicted molar refractivity (Wildman–Crippen MR) is 77.3 cm³/mol. The number of carbonyl (C=O) groups is 1. The number of nitrogens with one attached hydrogen (secondary N) is 1. The molecule has 0 fully saturated rings. The molecular formula is C14H19N3OS. The van der Waals surface area contributed by atoms with E-state index in [1.807, 2.05) is 50.0 Å². The molecule has 0 saturated heterocycles. The van der Waals surface area contributed by atoms with Crippen LogP contribution in [0.25, 0.3) is 0 Å². The van der Waals surface area contributed by atoms with Gasteiger partial charge in [0.1, 0.15) is 0 Å². The molecule has 0 unspecified atom stereocenters. The lowest BCUT2D eigenvalue weighted by Crippen LogP contribution is -2.28. The Bertz CT molecular complexity index is 572. The first-order valence-electron chi connectivity index (χ1n) is 6.31. The van der Waals surface area contributed by atoms with Crippen LogP contribution in [0.15, 0.2) is 17.5 Å². The van der Waals surface area contributed by atoms with Crippen LogP contribution < -0.4 is 5.32 Å². The molecule has 102 valence electrons. The van der Waals surface area contributed by atoms with E-state index in [2.05, 4.69) is 10.4 Å². The third-order valence-corrected chi connectivity index (χ3v) is 4.40. The number of aryl methyl sites for hydroxylation is 2. The number of rotatable bonds is 4. The van der Waals surface area contributed by atoms with E-state index in [9.17, 15) is 4.79 Å². The molecule has 19 heavy (non-hydrogen) atoms. The second kappa shape index (κ2) is 5.57. The molecule has 2 heterocycles. The van der Waals surface area contributed by atoms with Crippen LogP contribution in [-0.2, 0) is 18.3 Å². The molecule has 0 aromatic carbocycles. The molecule has 4 nitrogen and oxygen atoms in total. The van der Waals surface area contributed by atoms with Crippen LogP contribution in [0.2, 0.25) is 0 Å². The van der Waals surface area contributed by atoms with Crippen molar-refractivity contribution in [2.24, 2.45) is 7.05 Å². The molecule has 0 radical (unpaired) electrons. The fourth-order valence-corrected chi connectivity index (χ4v) is 2.87. The third kappa shape index (κ3) is 3.04. The van der Waals surface area contributed by atoms with Gasteiger partial charge in [-0.05, 0) is 32.2 Å². The van der Waals surface area contributed by atoms with Crippen molar-refractivity contribution in [1.82, 2.24) is 15.1 Å². The van der Waals surface area contributed by atoms with E-state index in [-0.39, 0.29) is 11.9 Å². The molecule has 2 aromatic rings. The Hall–Kier alpha value is -1.62. The van der Waals surface area contributed by atoms with Gasteiger partial charge in [0.25, 0.3) is 0 Å². The largest absolute Gasteiger partial charge is 0.348 e. The zero-order valence-corrected chi connectivity index (χ0v) is 12.5. The Kier molecular flexibility index (Phi) is 4.04. The van der Waals surface area contributed by atoms with Gasteiger partial charge < -0.3 is 5.32 Å². The monoisotopic (exact) mass is 277 g/mol. The zero-order chi connectivity index (χ0) is 14.0. The van der Waals surface area contributed by atoms with E-state index >= 15 is 0 Å². The van der Waals surface area contributed by atoms with Crippen molar-refractivity contribution < 1.29 is 4.79 Å². The first-order valence-corrected chi connectivity index (χ1v) is 7.19. The van der Waals surface area contributed by atoms with E-state index in [1.54, 1.807) is 11.3 Å². The fraction of sp³-hybridized carbons (Fsp3) is 0.429. The van der Waals surface area contributed by atoms with Crippen LogP contribution in [0.3, 0.4) is 0 Å². The molecule has 5 heteroatoms. The maximum Gasteiger partial charge on any atom is 0.225 e. The predicted octanol–water partition coefficient (Wildman–Crippen LogP) is 2.52. The molecule has 0 aliphatic rings. The van der Waals surface area contributed by atoms with Crippen molar-refractivity contribution in [1.29, 1.82) is 0 Å². The van der Waals surface area contributed by atoms with Crippen molar-refractivity contribution >= 4 is 17.2 Å². The normalized spacial score (nSPS) is 12.4. The average Bonchev–Trinajstić information content (AvgIpc) is 2.94. The van der Waals surface area contributed by atoms with Crippen LogP contribution in [0.4, 0.5) is 0 Å². The first-order chi connectivity index (χ1) is 8.99. The first kappa shape index (κ1) is 13.8. The van der Waals surface area contributed by atoms with Crippen molar-refractivity contribution in [3.63, 3.8) is 0 Å². The van der Waals surface area contributed by atoms with Gasteiger partial charge in [-0.1, -0.05) is 6.07 Å². The Morgan fingerprint density at radius 1 is 1.53 bits per heavy atom. The highest BCUT2D eigenvalue weighted by molar-refractivity contribution is 7.10. The van der Waals surface area contributed by atoms with E-state index < -0.39 is 0 Å². The zero-order valence-electron chi connectivity index (χ0n) is 11.7. The lowest BCUT2D eigenvalue weighted by Gasteiger charge is -2.12. The third-order valence-electron chi connectivity index (χ3n) is 3.34. The van der Waals surface area contributed by atoms with Crippen molar-refractivity contribution in [2.45, 2.75) is 33.2 Å². The number of hydrogen-bond acceptors (Lipinski definition) is 3. The summed E-state index contributed by atoms with van der Waals surface area (Å²) in [5.74, 6) is 0.0418. The van der Waals surface area contributed by atoms with Crippen LogP contribution in [0.1, 0.15) is 34.8 Å². The molecule has 0 aliphatic heterocycles. The topological polar surface area (TPSA) is 46.9 Å². The quantitative estimate of drug-likeness (QED) is 0.933. The summed E-state index contributed by atoms with van der Waals surface area (Å²) in [6, 6.07) is 4.10. The fourth-order valence-electron chi connectivity index (χ4n) is 2.14. The summed E-state index contributed by atoms with van der Waals surface area (Å²) in [4.78, 5) is 13.3. The van der Waals surface area contributed by atoms with Gasteiger partial charge in [0.15, 0.2) is 0 Å². The summed E-state index contributed by atoms with van der Waals surface area (Å²) in [5.41, 5.74) is 3.01. The molecule has 0 bridgehead atoms. The SMILES string of the molecule is Cc1nn(C)c(C)c1CC(=O)N[C@@H](C)c1cccs1. The number of hydrogen-bond donors (Lipinski definition) is 1. The van der Waals surface area contributed by atoms with Gasteiger partial charge in [0.05, 0.1) is 18.2 Å². The molecular weight excluding hydrogens is 258 g/mol. The maximum absolute atomic E-state index is 12.1. The molecule has 0 saturated carbocycles. The summed E-state index contributed by atoms with van der Waals surface area (Å²) in [7, 11) is 1.90. The summed E-state index contributed by atoms with van der Waals surface area (Å²) in [6.07, 6.45) is 0.390. The Morgan fingerprint density at radius 2 is 2.26 bits per heavy atom. The lowest BCUT2D eigenvalue weighted by atomic mass is 10.1. The van der Waals surface area contributed by atoms with Crippen LogP contribution >= 0.6 is 11.3 Å². The number of amides is 1.